The Labute approximate surface area is 213 Å². The standard InChI is InChI=1S/C30H35N5O/c1-4-6-24-16-25(23-8-5-7-22(15-23)18-31)17-29(28(24)19-32)34-26-11-13-35(14-12-26)30(36)27-10-9-20(2)33-21(27)3/h4-7,9-10,15-17,19,21,23,26,33-34H,1,8,11-14,32H2,2-3H3/b24-6-,28-19+. The van der Waals surface area contributed by atoms with E-state index in [0.717, 1.165) is 52.2 Å². The van der Waals surface area contributed by atoms with Gasteiger partial charge in [-0.1, -0.05) is 36.9 Å². The minimum Gasteiger partial charge on any atom is -0.404 e. The summed E-state index contributed by atoms with van der Waals surface area (Å²) in [4.78, 5) is 15.1. The maximum atomic E-state index is 13.1. The van der Waals surface area contributed by atoms with Gasteiger partial charge in [-0.2, -0.15) is 5.26 Å². The number of hydrogen-bond donors (Lipinski definition) is 3. The molecule has 1 saturated heterocycles. The number of allylic oxidation sites excluding steroid dienone is 8. The van der Waals surface area contributed by atoms with Crippen molar-refractivity contribution in [2.45, 2.75) is 51.1 Å². The predicted octanol–water partition coefficient (Wildman–Crippen LogP) is 3.07. The fraction of sp³-hybridized carbons (Fsp3) is 0.333. The van der Waals surface area contributed by atoms with E-state index in [1.165, 1.54) is 0 Å². The Hall–Kier alpha value is -3.98. The number of carbonyl (C=O) groups is 1. The summed E-state index contributed by atoms with van der Waals surface area (Å²) in [5, 5.41) is 18.3. The molecular weight excluding hydrogens is 446 g/mol. The molecule has 4 rings (SSSR count). The Morgan fingerprint density at radius 2 is 2.08 bits per heavy atom. The summed E-state index contributed by atoms with van der Waals surface area (Å²) >= 11 is 0. The molecule has 1 aromatic rings. The molecule has 6 heteroatoms. The molecule has 3 aliphatic rings. The Kier molecular flexibility index (Phi) is 7.80. The molecule has 0 aromatic heterocycles. The number of nitrogens with zero attached hydrogens (tertiary/aromatic N) is 2. The van der Waals surface area contributed by atoms with Gasteiger partial charge in [0.25, 0.3) is 5.91 Å². The zero-order valence-corrected chi connectivity index (χ0v) is 21.1. The number of rotatable bonds is 5. The normalized spacial score (nSPS) is 23.2. The van der Waals surface area contributed by atoms with E-state index < -0.39 is 0 Å². The van der Waals surface area contributed by atoms with Gasteiger partial charge in [-0.25, -0.2) is 0 Å². The van der Waals surface area contributed by atoms with Crippen LogP contribution in [-0.2, 0) is 4.79 Å². The van der Waals surface area contributed by atoms with Crippen LogP contribution in [0.15, 0.2) is 72.0 Å². The molecule has 2 aliphatic heterocycles. The van der Waals surface area contributed by atoms with E-state index in [2.05, 4.69) is 41.5 Å². The number of nitrogens with one attached hydrogen (secondary N) is 2. The topological polar surface area (TPSA) is 94.2 Å². The zero-order chi connectivity index (χ0) is 25.7. The molecule has 1 aromatic carbocycles. The number of benzene rings is 1. The number of carbonyl (C=O) groups excluding carboxylic acids is 1. The molecule has 2 heterocycles. The molecule has 0 spiro atoms. The molecule has 36 heavy (non-hydrogen) atoms. The van der Waals surface area contributed by atoms with Gasteiger partial charge in [0, 0.05) is 59.0 Å². The highest BCUT2D eigenvalue weighted by atomic mass is 16.2. The zero-order valence-electron chi connectivity index (χ0n) is 21.1. The molecule has 2 atom stereocenters. The summed E-state index contributed by atoms with van der Waals surface area (Å²) in [6.07, 6.45) is 17.8. The third kappa shape index (κ3) is 5.46. The minimum absolute atomic E-state index is 0.0218. The maximum absolute atomic E-state index is 13.1. The number of dihydropyridines is 1. The highest BCUT2D eigenvalue weighted by molar-refractivity contribution is 5.95. The molecule has 186 valence electrons. The van der Waals surface area contributed by atoms with Gasteiger partial charge >= 0.3 is 0 Å². The molecule has 0 radical (unpaired) electrons. The average molecular weight is 482 g/mol. The van der Waals surface area contributed by atoms with Crippen LogP contribution in [0.2, 0.25) is 0 Å². The Morgan fingerprint density at radius 1 is 1.31 bits per heavy atom. The summed E-state index contributed by atoms with van der Waals surface area (Å²) in [5.74, 6) is 0.244. The van der Waals surface area contributed by atoms with Gasteiger partial charge in [-0.15, -0.1) is 0 Å². The highest BCUT2D eigenvalue weighted by Gasteiger charge is 2.28. The number of amides is 1. The second kappa shape index (κ2) is 11.2. The van der Waals surface area contributed by atoms with Crippen molar-refractivity contribution in [1.29, 1.82) is 5.26 Å². The van der Waals surface area contributed by atoms with E-state index in [-0.39, 0.29) is 23.9 Å². The van der Waals surface area contributed by atoms with Gasteiger partial charge in [-0.3, -0.25) is 4.79 Å². The quantitative estimate of drug-likeness (QED) is 0.601. The summed E-state index contributed by atoms with van der Waals surface area (Å²) in [7, 11) is 0. The maximum Gasteiger partial charge on any atom is 0.251 e. The van der Waals surface area contributed by atoms with E-state index in [4.69, 9.17) is 5.73 Å². The summed E-state index contributed by atoms with van der Waals surface area (Å²) in [6.45, 7) is 9.32. The first-order chi connectivity index (χ1) is 17.4. The van der Waals surface area contributed by atoms with Crippen molar-refractivity contribution < 1.29 is 4.79 Å². The van der Waals surface area contributed by atoms with E-state index >= 15 is 0 Å². The van der Waals surface area contributed by atoms with Gasteiger partial charge in [0.2, 0.25) is 0 Å². The van der Waals surface area contributed by atoms with Crippen LogP contribution in [0, 0.1) is 11.3 Å². The van der Waals surface area contributed by atoms with Gasteiger partial charge < -0.3 is 21.3 Å². The molecule has 0 bridgehead atoms. The van der Waals surface area contributed by atoms with Crippen molar-refractivity contribution >= 4 is 23.9 Å². The summed E-state index contributed by atoms with van der Waals surface area (Å²) in [5.41, 5.74) is 10.8. The highest BCUT2D eigenvalue weighted by Crippen LogP contribution is 2.28. The number of hydrogen-bond acceptors (Lipinski definition) is 5. The van der Waals surface area contributed by atoms with Crippen molar-refractivity contribution in [2.24, 2.45) is 5.73 Å². The fourth-order valence-electron chi connectivity index (χ4n) is 5.18. The Bertz CT molecular complexity index is 1320. The van der Waals surface area contributed by atoms with Gasteiger partial charge in [0.05, 0.1) is 12.1 Å². The van der Waals surface area contributed by atoms with E-state index in [1.54, 1.807) is 12.3 Å². The monoisotopic (exact) mass is 481 g/mol. The lowest BCUT2D eigenvalue weighted by Crippen LogP contribution is -2.46. The van der Waals surface area contributed by atoms with Crippen LogP contribution >= 0.6 is 0 Å². The largest absolute Gasteiger partial charge is 0.404 e. The van der Waals surface area contributed by atoms with Crippen LogP contribution in [-0.4, -0.2) is 36.0 Å². The van der Waals surface area contributed by atoms with Gasteiger partial charge in [0.15, 0.2) is 0 Å². The third-order valence-electron chi connectivity index (χ3n) is 7.14. The second-order valence-corrected chi connectivity index (χ2v) is 9.67. The van der Waals surface area contributed by atoms with Crippen LogP contribution in [0.5, 0.6) is 0 Å². The molecule has 6 nitrogen and oxygen atoms in total. The molecule has 1 fully saturated rings. The van der Waals surface area contributed by atoms with Gasteiger partial charge in [0.1, 0.15) is 0 Å². The molecule has 0 saturated carbocycles. The van der Waals surface area contributed by atoms with Crippen LogP contribution in [0.4, 0.5) is 5.69 Å². The predicted molar refractivity (Wildman–Crippen MR) is 147 cm³/mol. The molecule has 1 amide bonds. The van der Waals surface area contributed by atoms with E-state index in [0.29, 0.717) is 18.7 Å². The van der Waals surface area contributed by atoms with Crippen LogP contribution in [0.3, 0.4) is 0 Å². The Morgan fingerprint density at radius 3 is 2.75 bits per heavy atom. The summed E-state index contributed by atoms with van der Waals surface area (Å²) in [6, 6.07) is 6.79. The number of likely N-dealkylation sites (tertiary alicyclic amines) is 1. The molecular formula is C30H35N5O. The average Bonchev–Trinajstić information content (AvgIpc) is 2.89. The van der Waals surface area contributed by atoms with E-state index in [9.17, 15) is 10.1 Å². The van der Waals surface area contributed by atoms with Crippen LogP contribution in [0.1, 0.15) is 44.6 Å². The third-order valence-corrected chi connectivity index (χ3v) is 7.14. The van der Waals surface area contributed by atoms with Gasteiger partial charge in [-0.05, 0) is 68.2 Å². The molecule has 2 unspecified atom stereocenters. The number of anilines is 1. The van der Waals surface area contributed by atoms with Crippen molar-refractivity contribution in [2.75, 3.05) is 18.4 Å². The number of piperidine rings is 1. The van der Waals surface area contributed by atoms with E-state index in [1.807, 2.05) is 49.1 Å². The lowest BCUT2D eigenvalue weighted by molar-refractivity contribution is -0.128. The number of nitrogens with two attached hydrogens (primary N) is 1. The van der Waals surface area contributed by atoms with Crippen molar-refractivity contribution in [3.05, 3.63) is 88.0 Å². The van der Waals surface area contributed by atoms with Crippen LogP contribution < -0.4 is 26.8 Å². The lowest BCUT2D eigenvalue weighted by atomic mass is 9.88. The molecule has 1 aliphatic carbocycles. The SMILES string of the molecule is C=C/C=c1/cc(C2C=C(C#N)C=CC2)cc(NC2CCN(C(=O)C3=CC=C(C)NC3C)CC2)/c1=C/N. The first-order valence-electron chi connectivity index (χ1n) is 12.6. The smallest absolute Gasteiger partial charge is 0.251 e. The van der Waals surface area contributed by atoms with Crippen LogP contribution in [0.25, 0.3) is 12.3 Å². The Balaban J connectivity index is 1.53. The minimum atomic E-state index is 0.0218. The van der Waals surface area contributed by atoms with Crippen molar-refractivity contribution in [3.8, 4) is 6.07 Å². The number of nitriles is 1. The first kappa shape index (κ1) is 25.1. The molecule has 4 N–H and O–H groups in total. The lowest BCUT2D eigenvalue weighted by Gasteiger charge is -2.35. The summed E-state index contributed by atoms with van der Waals surface area (Å²) < 4.78 is 0. The first-order valence-corrected chi connectivity index (χ1v) is 12.6. The second-order valence-electron chi connectivity index (χ2n) is 9.67. The fourth-order valence-corrected chi connectivity index (χ4v) is 5.18. The van der Waals surface area contributed by atoms with Crippen molar-refractivity contribution in [1.82, 2.24) is 10.2 Å². The van der Waals surface area contributed by atoms with Crippen molar-refractivity contribution in [3.63, 3.8) is 0 Å².